The fourth-order valence-electron chi connectivity index (χ4n) is 10.4. The largest absolute Gasteiger partial charge is 0.0619 e. The Morgan fingerprint density at radius 1 is 0.254 bits per heavy atom. The molecule has 0 N–H and O–H groups in total. The Labute approximate surface area is 344 Å². The van der Waals surface area contributed by atoms with Gasteiger partial charge in [0.1, 0.15) is 0 Å². The van der Waals surface area contributed by atoms with Crippen LogP contribution in [0.3, 0.4) is 0 Å². The third kappa shape index (κ3) is 5.09. The topological polar surface area (TPSA) is 0 Å². The third-order valence-corrected chi connectivity index (χ3v) is 13.2. The fourth-order valence-corrected chi connectivity index (χ4v) is 10.4. The molecule has 0 aromatic heterocycles. The average Bonchev–Trinajstić information content (AvgIpc) is 3.53. The third-order valence-electron chi connectivity index (χ3n) is 13.2. The van der Waals surface area contributed by atoms with E-state index in [-0.39, 0.29) is 5.41 Å². The molecule has 0 heterocycles. The van der Waals surface area contributed by atoms with E-state index in [1.807, 2.05) is 0 Å². The fraction of sp³-hybridized carbons (Fsp3) is 0.0508. The lowest BCUT2D eigenvalue weighted by Crippen LogP contribution is -2.14. The van der Waals surface area contributed by atoms with Crippen LogP contribution in [0.5, 0.6) is 0 Å². The summed E-state index contributed by atoms with van der Waals surface area (Å²) in [5, 5.41) is 12.6. The van der Waals surface area contributed by atoms with Crippen LogP contribution in [0.15, 0.2) is 206 Å². The number of benzene rings is 11. The highest BCUT2D eigenvalue weighted by molar-refractivity contribution is 6.25. The highest BCUT2D eigenvalue weighted by Gasteiger charge is 2.37. The van der Waals surface area contributed by atoms with Crippen molar-refractivity contribution in [2.45, 2.75) is 19.3 Å². The molecule has 0 spiro atoms. The van der Waals surface area contributed by atoms with E-state index in [9.17, 15) is 0 Å². The molecule has 0 unspecified atom stereocenters. The number of hydrogen-bond acceptors (Lipinski definition) is 0. The van der Waals surface area contributed by atoms with Crippen LogP contribution >= 0.6 is 0 Å². The summed E-state index contributed by atoms with van der Waals surface area (Å²) in [7, 11) is 0. The van der Waals surface area contributed by atoms with Gasteiger partial charge in [0.25, 0.3) is 0 Å². The standard InChI is InChI=1S/C59H40/c1-59(2)54-24-12-11-22-51(54)58-52(23-13-25-55(58)59)57-48-21-10-9-20-47(48)56(50-31-30-42(36-53(50)57)41-28-26-37-14-3-5-16-39(37)34-41)49-33-32-44(45-18-7-8-19-46(45)49)43-29-27-38-15-4-6-17-40(38)35-43/h3-36H,1-2H3. The molecular weight excluding hydrogens is 709 g/mol. The minimum atomic E-state index is -0.102. The maximum atomic E-state index is 2.47. The van der Waals surface area contributed by atoms with E-state index in [4.69, 9.17) is 0 Å². The van der Waals surface area contributed by atoms with Crippen LogP contribution in [0, 0.1) is 0 Å². The zero-order valence-electron chi connectivity index (χ0n) is 33.1. The lowest BCUT2D eigenvalue weighted by molar-refractivity contribution is 0.660. The summed E-state index contributed by atoms with van der Waals surface area (Å²) in [6.07, 6.45) is 0. The zero-order valence-corrected chi connectivity index (χ0v) is 33.1. The van der Waals surface area contributed by atoms with Crippen molar-refractivity contribution in [2.24, 2.45) is 0 Å². The van der Waals surface area contributed by atoms with E-state index >= 15 is 0 Å². The maximum Gasteiger partial charge on any atom is 0.0159 e. The zero-order chi connectivity index (χ0) is 39.2. The molecule has 0 fully saturated rings. The van der Waals surface area contributed by atoms with E-state index < -0.39 is 0 Å². The summed E-state index contributed by atoms with van der Waals surface area (Å²) in [4.78, 5) is 0. The molecule has 0 radical (unpaired) electrons. The van der Waals surface area contributed by atoms with Gasteiger partial charge in [-0.05, 0) is 139 Å². The molecule has 0 atom stereocenters. The first-order valence-corrected chi connectivity index (χ1v) is 20.8. The average molecular weight is 749 g/mol. The van der Waals surface area contributed by atoms with Gasteiger partial charge in [-0.3, -0.25) is 0 Å². The molecule has 59 heavy (non-hydrogen) atoms. The number of hydrogen-bond donors (Lipinski definition) is 0. The molecule has 0 saturated heterocycles. The predicted molar refractivity (Wildman–Crippen MR) is 253 cm³/mol. The van der Waals surface area contributed by atoms with Gasteiger partial charge in [0, 0.05) is 5.41 Å². The van der Waals surface area contributed by atoms with Gasteiger partial charge in [-0.2, -0.15) is 0 Å². The van der Waals surface area contributed by atoms with Crippen LogP contribution in [-0.2, 0) is 5.41 Å². The van der Waals surface area contributed by atoms with E-state index in [0.29, 0.717) is 0 Å². The number of rotatable bonds is 4. The highest BCUT2D eigenvalue weighted by Crippen LogP contribution is 2.55. The molecule has 11 aromatic rings. The first-order valence-electron chi connectivity index (χ1n) is 20.8. The Balaban J connectivity index is 1.18. The van der Waals surface area contributed by atoms with Crippen molar-refractivity contribution in [1.82, 2.24) is 0 Å². The summed E-state index contributed by atoms with van der Waals surface area (Å²) in [6, 6.07) is 77.2. The molecule has 11 aromatic carbocycles. The highest BCUT2D eigenvalue weighted by atomic mass is 14.4. The van der Waals surface area contributed by atoms with Crippen LogP contribution in [-0.4, -0.2) is 0 Å². The minimum Gasteiger partial charge on any atom is -0.0619 e. The normalized spacial score (nSPS) is 13.1. The minimum absolute atomic E-state index is 0.102. The number of fused-ring (bicyclic) bond motifs is 8. The summed E-state index contributed by atoms with van der Waals surface area (Å²) >= 11 is 0. The SMILES string of the molecule is CC1(C)c2ccccc2-c2c(-c3c4ccccc4c(-c4ccc(-c5ccc6ccccc6c5)c5ccccc45)c4ccc(-c5ccc6ccccc6c5)cc34)cccc21. The molecule has 0 heteroatoms. The van der Waals surface area contributed by atoms with Gasteiger partial charge in [0.2, 0.25) is 0 Å². The summed E-state index contributed by atoms with van der Waals surface area (Å²) in [6.45, 7) is 4.76. The van der Waals surface area contributed by atoms with Gasteiger partial charge in [-0.25, -0.2) is 0 Å². The van der Waals surface area contributed by atoms with Crippen molar-refractivity contribution in [2.75, 3.05) is 0 Å². The Bertz CT molecular complexity index is 3530. The molecule has 1 aliphatic rings. The molecule has 0 nitrogen and oxygen atoms in total. The second kappa shape index (κ2) is 12.9. The van der Waals surface area contributed by atoms with Crippen LogP contribution in [0.2, 0.25) is 0 Å². The Morgan fingerprint density at radius 3 is 1.46 bits per heavy atom. The van der Waals surface area contributed by atoms with E-state index in [1.54, 1.807) is 0 Å². The molecular formula is C59H40. The Morgan fingerprint density at radius 2 is 0.729 bits per heavy atom. The molecule has 1 aliphatic carbocycles. The maximum absolute atomic E-state index is 2.47. The van der Waals surface area contributed by atoms with Crippen molar-refractivity contribution in [3.63, 3.8) is 0 Å². The van der Waals surface area contributed by atoms with Crippen molar-refractivity contribution >= 4 is 53.9 Å². The lowest BCUT2D eigenvalue weighted by Gasteiger charge is -2.23. The van der Waals surface area contributed by atoms with E-state index in [2.05, 4.69) is 220 Å². The molecule has 12 rings (SSSR count). The lowest BCUT2D eigenvalue weighted by atomic mass is 9.80. The Hall–Kier alpha value is -7.28. The second-order valence-electron chi connectivity index (χ2n) is 16.8. The first kappa shape index (κ1) is 33.8. The Kier molecular flexibility index (Phi) is 7.38. The molecule has 0 saturated carbocycles. The predicted octanol–water partition coefficient (Wildman–Crippen LogP) is 16.4. The second-order valence-corrected chi connectivity index (χ2v) is 16.8. The van der Waals surface area contributed by atoms with E-state index in [0.717, 1.165) is 0 Å². The monoisotopic (exact) mass is 748 g/mol. The van der Waals surface area contributed by atoms with Gasteiger partial charge in [-0.15, -0.1) is 0 Å². The van der Waals surface area contributed by atoms with Crippen molar-refractivity contribution in [3.8, 4) is 55.6 Å². The molecule has 276 valence electrons. The van der Waals surface area contributed by atoms with E-state index in [1.165, 1.54) is 121 Å². The van der Waals surface area contributed by atoms with Crippen LogP contribution < -0.4 is 0 Å². The van der Waals surface area contributed by atoms with Gasteiger partial charge >= 0.3 is 0 Å². The molecule has 0 aliphatic heterocycles. The van der Waals surface area contributed by atoms with Gasteiger partial charge in [0.05, 0.1) is 0 Å². The van der Waals surface area contributed by atoms with Crippen molar-refractivity contribution in [1.29, 1.82) is 0 Å². The van der Waals surface area contributed by atoms with Gasteiger partial charge in [0.15, 0.2) is 0 Å². The van der Waals surface area contributed by atoms with Gasteiger partial charge < -0.3 is 0 Å². The van der Waals surface area contributed by atoms with Crippen LogP contribution in [0.1, 0.15) is 25.0 Å². The van der Waals surface area contributed by atoms with Gasteiger partial charge in [-0.1, -0.05) is 202 Å². The van der Waals surface area contributed by atoms with Crippen LogP contribution in [0.4, 0.5) is 0 Å². The summed E-state index contributed by atoms with van der Waals surface area (Å²) in [5.74, 6) is 0. The smallest absolute Gasteiger partial charge is 0.0159 e. The summed E-state index contributed by atoms with van der Waals surface area (Å²) in [5.41, 5.74) is 15.4. The summed E-state index contributed by atoms with van der Waals surface area (Å²) < 4.78 is 0. The first-order chi connectivity index (χ1) is 29.0. The van der Waals surface area contributed by atoms with Crippen molar-refractivity contribution < 1.29 is 0 Å². The molecule has 0 amide bonds. The quantitative estimate of drug-likeness (QED) is 0.157. The van der Waals surface area contributed by atoms with Crippen LogP contribution in [0.25, 0.3) is 109 Å². The van der Waals surface area contributed by atoms with Crippen molar-refractivity contribution in [3.05, 3.63) is 217 Å². The molecule has 0 bridgehead atoms.